The highest BCUT2D eigenvalue weighted by Gasteiger charge is 2.39. The molecule has 0 radical (unpaired) electrons. The van der Waals surface area contributed by atoms with Gasteiger partial charge in [0.15, 0.2) is 0 Å². The Morgan fingerprint density at radius 3 is 2.15 bits per heavy atom. The summed E-state index contributed by atoms with van der Waals surface area (Å²) in [6.45, 7) is 7.15. The van der Waals surface area contributed by atoms with Gasteiger partial charge in [0.2, 0.25) is 0 Å². The van der Waals surface area contributed by atoms with Crippen molar-refractivity contribution in [1.82, 2.24) is 0 Å². The third-order valence-electron chi connectivity index (χ3n) is 6.05. The van der Waals surface area contributed by atoms with Gasteiger partial charge in [-0.15, -0.1) is 0 Å². The normalized spacial score (nSPS) is 39.6. The van der Waals surface area contributed by atoms with Crippen molar-refractivity contribution >= 4 is 0 Å². The second-order valence-electron chi connectivity index (χ2n) is 7.60. The highest BCUT2D eigenvalue weighted by Crippen LogP contribution is 2.43. The van der Waals surface area contributed by atoms with Gasteiger partial charge in [-0.1, -0.05) is 27.2 Å². The van der Waals surface area contributed by atoms with Gasteiger partial charge < -0.3 is 9.47 Å². The first-order chi connectivity index (χ1) is 9.56. The summed E-state index contributed by atoms with van der Waals surface area (Å²) in [5.74, 6) is 3.97. The molecule has 0 heterocycles. The lowest BCUT2D eigenvalue weighted by atomic mass is 9.82. The minimum Gasteiger partial charge on any atom is -0.381 e. The van der Waals surface area contributed by atoms with Gasteiger partial charge in [-0.25, -0.2) is 0 Å². The molecule has 2 fully saturated rings. The predicted molar refractivity (Wildman–Crippen MR) is 83.8 cm³/mol. The van der Waals surface area contributed by atoms with Crippen LogP contribution < -0.4 is 0 Å². The Hall–Kier alpha value is -0.0800. The van der Waals surface area contributed by atoms with Gasteiger partial charge in [0.1, 0.15) is 0 Å². The number of methoxy groups -OCH3 is 2. The van der Waals surface area contributed by atoms with E-state index in [9.17, 15) is 0 Å². The van der Waals surface area contributed by atoms with Crippen LogP contribution in [-0.2, 0) is 9.47 Å². The van der Waals surface area contributed by atoms with Crippen molar-refractivity contribution in [2.45, 2.75) is 71.5 Å². The minimum atomic E-state index is 0.494. The van der Waals surface area contributed by atoms with Crippen molar-refractivity contribution in [3.05, 3.63) is 0 Å². The molecule has 0 aromatic rings. The molecular weight excluding hydrogens is 248 g/mol. The lowest BCUT2D eigenvalue weighted by molar-refractivity contribution is 0.0436. The van der Waals surface area contributed by atoms with Gasteiger partial charge in [-0.05, 0) is 61.7 Å². The van der Waals surface area contributed by atoms with Crippen molar-refractivity contribution < 1.29 is 9.47 Å². The van der Waals surface area contributed by atoms with Crippen molar-refractivity contribution in [1.29, 1.82) is 0 Å². The molecule has 0 aromatic carbocycles. The van der Waals surface area contributed by atoms with Crippen molar-refractivity contribution in [3.8, 4) is 0 Å². The Kier molecular flexibility index (Phi) is 5.92. The molecule has 118 valence electrons. The molecule has 2 aliphatic rings. The van der Waals surface area contributed by atoms with Crippen molar-refractivity contribution in [3.63, 3.8) is 0 Å². The van der Waals surface area contributed by atoms with E-state index in [1.54, 1.807) is 0 Å². The highest BCUT2D eigenvalue weighted by atomic mass is 16.5. The van der Waals surface area contributed by atoms with Crippen LogP contribution in [0.15, 0.2) is 0 Å². The molecule has 2 saturated carbocycles. The molecular formula is C18H34O2. The Labute approximate surface area is 125 Å². The van der Waals surface area contributed by atoms with Crippen LogP contribution in [0.4, 0.5) is 0 Å². The van der Waals surface area contributed by atoms with E-state index in [4.69, 9.17) is 9.47 Å². The van der Waals surface area contributed by atoms with Crippen LogP contribution in [0.5, 0.6) is 0 Å². The molecule has 0 aliphatic heterocycles. The fourth-order valence-corrected chi connectivity index (χ4v) is 4.90. The second kappa shape index (κ2) is 7.26. The Balaban J connectivity index is 1.87. The van der Waals surface area contributed by atoms with Crippen molar-refractivity contribution in [2.24, 2.45) is 29.6 Å². The van der Waals surface area contributed by atoms with E-state index in [1.807, 2.05) is 14.2 Å². The first-order valence-electron chi connectivity index (χ1n) is 8.62. The standard InChI is InChI=1S/C18H34O2/c1-12(2)16-10-14(11-18(16)20-5)9-13(3)15-7-6-8-17(15)19-4/h12-18H,6-11H2,1-5H3/t13?,14?,15-,16?,17-,18?/m0/s1. The van der Waals surface area contributed by atoms with Gasteiger partial charge in [-0.3, -0.25) is 0 Å². The van der Waals surface area contributed by atoms with E-state index in [0.29, 0.717) is 12.2 Å². The summed E-state index contributed by atoms with van der Waals surface area (Å²) in [6.07, 6.45) is 9.01. The largest absolute Gasteiger partial charge is 0.381 e. The van der Waals surface area contributed by atoms with Gasteiger partial charge in [0.25, 0.3) is 0 Å². The van der Waals surface area contributed by atoms with E-state index in [-0.39, 0.29) is 0 Å². The Bertz CT molecular complexity index is 289. The monoisotopic (exact) mass is 282 g/mol. The van der Waals surface area contributed by atoms with Crippen LogP contribution in [0.1, 0.15) is 59.3 Å². The van der Waals surface area contributed by atoms with E-state index in [1.165, 1.54) is 38.5 Å². The second-order valence-corrected chi connectivity index (χ2v) is 7.60. The average Bonchev–Trinajstić information content (AvgIpc) is 3.04. The van der Waals surface area contributed by atoms with Crippen LogP contribution in [0.25, 0.3) is 0 Å². The molecule has 6 atom stereocenters. The lowest BCUT2D eigenvalue weighted by Gasteiger charge is -2.27. The van der Waals surface area contributed by atoms with Gasteiger partial charge in [0, 0.05) is 14.2 Å². The molecule has 0 aromatic heterocycles. The van der Waals surface area contributed by atoms with Gasteiger partial charge in [-0.2, -0.15) is 0 Å². The summed E-state index contributed by atoms with van der Waals surface area (Å²) in [4.78, 5) is 0. The Morgan fingerprint density at radius 2 is 1.60 bits per heavy atom. The van der Waals surface area contributed by atoms with Crippen molar-refractivity contribution in [2.75, 3.05) is 14.2 Å². The molecule has 2 nitrogen and oxygen atoms in total. The van der Waals surface area contributed by atoms with E-state index in [0.717, 1.165) is 29.6 Å². The van der Waals surface area contributed by atoms with E-state index < -0.39 is 0 Å². The zero-order valence-corrected chi connectivity index (χ0v) is 14.1. The molecule has 2 rings (SSSR count). The average molecular weight is 282 g/mol. The minimum absolute atomic E-state index is 0.494. The number of rotatable bonds is 6. The van der Waals surface area contributed by atoms with Gasteiger partial charge >= 0.3 is 0 Å². The molecule has 0 N–H and O–H groups in total. The van der Waals surface area contributed by atoms with Crippen LogP contribution in [-0.4, -0.2) is 26.4 Å². The van der Waals surface area contributed by atoms with E-state index >= 15 is 0 Å². The molecule has 0 amide bonds. The summed E-state index contributed by atoms with van der Waals surface area (Å²) in [6, 6.07) is 0. The fraction of sp³-hybridized carbons (Fsp3) is 1.00. The zero-order chi connectivity index (χ0) is 14.7. The summed E-state index contributed by atoms with van der Waals surface area (Å²) in [5, 5.41) is 0. The highest BCUT2D eigenvalue weighted by molar-refractivity contribution is 4.89. The zero-order valence-electron chi connectivity index (χ0n) is 14.1. The Morgan fingerprint density at radius 1 is 0.900 bits per heavy atom. The molecule has 0 bridgehead atoms. The molecule has 2 heteroatoms. The topological polar surface area (TPSA) is 18.5 Å². The van der Waals surface area contributed by atoms with Crippen LogP contribution >= 0.6 is 0 Å². The van der Waals surface area contributed by atoms with Gasteiger partial charge in [0.05, 0.1) is 12.2 Å². The quantitative estimate of drug-likeness (QED) is 0.713. The lowest BCUT2D eigenvalue weighted by Crippen LogP contribution is -2.24. The number of hydrogen-bond donors (Lipinski definition) is 0. The molecule has 20 heavy (non-hydrogen) atoms. The number of hydrogen-bond acceptors (Lipinski definition) is 2. The summed E-state index contributed by atoms with van der Waals surface area (Å²) >= 11 is 0. The summed E-state index contributed by atoms with van der Waals surface area (Å²) in [5.41, 5.74) is 0. The van der Waals surface area contributed by atoms with Crippen LogP contribution in [0.3, 0.4) is 0 Å². The maximum atomic E-state index is 5.74. The third-order valence-corrected chi connectivity index (χ3v) is 6.05. The maximum absolute atomic E-state index is 5.74. The fourth-order valence-electron chi connectivity index (χ4n) is 4.90. The molecule has 0 spiro atoms. The first-order valence-corrected chi connectivity index (χ1v) is 8.62. The van der Waals surface area contributed by atoms with E-state index in [2.05, 4.69) is 20.8 Å². The SMILES string of the molecule is COC1CC(CC(C)[C@@H]2CCC[C@@H]2OC)CC1C(C)C. The smallest absolute Gasteiger partial charge is 0.0604 e. The summed E-state index contributed by atoms with van der Waals surface area (Å²) in [7, 11) is 3.78. The first kappa shape index (κ1) is 16.3. The molecule has 4 unspecified atom stereocenters. The predicted octanol–water partition coefficient (Wildman–Crippen LogP) is 4.52. The molecule has 0 saturated heterocycles. The summed E-state index contributed by atoms with van der Waals surface area (Å²) < 4.78 is 11.4. The third kappa shape index (κ3) is 3.57. The van der Waals surface area contributed by atoms with Crippen LogP contribution in [0.2, 0.25) is 0 Å². The molecule has 2 aliphatic carbocycles. The van der Waals surface area contributed by atoms with Crippen LogP contribution in [0, 0.1) is 29.6 Å². The number of ether oxygens (including phenoxy) is 2. The maximum Gasteiger partial charge on any atom is 0.0604 e.